The van der Waals surface area contributed by atoms with Gasteiger partial charge in [0.15, 0.2) is 0 Å². The lowest BCUT2D eigenvalue weighted by Gasteiger charge is -2.17. The number of carbonyl (C=O) groups excluding carboxylic acids is 2. The van der Waals surface area contributed by atoms with Crippen LogP contribution in [-0.2, 0) is 11.3 Å². The molecule has 2 aromatic carbocycles. The summed E-state index contributed by atoms with van der Waals surface area (Å²) in [5.41, 5.74) is 1.02. The lowest BCUT2D eigenvalue weighted by Crippen LogP contribution is -2.29. The predicted molar refractivity (Wildman–Crippen MR) is 73.1 cm³/mol. The Hall–Kier alpha value is -2.56. The molecule has 0 spiro atoms. The Balaban J connectivity index is 2.05. The van der Waals surface area contributed by atoms with E-state index in [-0.39, 0.29) is 12.2 Å². The third kappa shape index (κ3) is 2.11. The van der Waals surface area contributed by atoms with Crippen LogP contribution in [-0.4, -0.2) is 11.7 Å². The van der Waals surface area contributed by atoms with Crippen LogP contribution in [0.3, 0.4) is 0 Å². The van der Waals surface area contributed by atoms with E-state index in [9.17, 15) is 18.4 Å². The molecule has 106 valence electrons. The molecule has 0 saturated heterocycles. The minimum atomic E-state index is -1.01. The molecule has 21 heavy (non-hydrogen) atoms. The first kappa shape index (κ1) is 13.4. The molecule has 0 atom stereocenters. The third-order valence-corrected chi connectivity index (χ3v) is 3.48. The zero-order chi connectivity index (χ0) is 15.1. The van der Waals surface area contributed by atoms with Gasteiger partial charge in [-0.2, -0.15) is 0 Å². The molecule has 0 bridgehead atoms. The summed E-state index contributed by atoms with van der Waals surface area (Å²) in [6, 6.07) is 9.03. The second kappa shape index (κ2) is 4.77. The number of carbonyl (C=O) groups is 2. The van der Waals surface area contributed by atoms with Crippen LogP contribution in [0.5, 0.6) is 0 Å². The van der Waals surface area contributed by atoms with Gasteiger partial charge in [-0.05, 0) is 24.6 Å². The van der Waals surface area contributed by atoms with Crippen LogP contribution < -0.4 is 4.90 Å². The molecule has 0 N–H and O–H groups in total. The maximum atomic E-state index is 13.9. The van der Waals surface area contributed by atoms with Crippen LogP contribution in [0.25, 0.3) is 0 Å². The zero-order valence-corrected chi connectivity index (χ0v) is 11.2. The highest BCUT2D eigenvalue weighted by molar-refractivity contribution is 6.52. The number of hydrogen-bond donors (Lipinski definition) is 0. The van der Waals surface area contributed by atoms with Gasteiger partial charge < -0.3 is 0 Å². The van der Waals surface area contributed by atoms with Crippen molar-refractivity contribution in [1.29, 1.82) is 0 Å². The van der Waals surface area contributed by atoms with Crippen molar-refractivity contribution in [3.63, 3.8) is 0 Å². The third-order valence-electron chi connectivity index (χ3n) is 3.48. The molecule has 1 heterocycles. The first-order valence-electron chi connectivity index (χ1n) is 6.39. The van der Waals surface area contributed by atoms with Crippen molar-refractivity contribution in [2.45, 2.75) is 13.5 Å². The van der Waals surface area contributed by atoms with Crippen molar-refractivity contribution in [1.82, 2.24) is 0 Å². The molecule has 0 fully saturated rings. The summed E-state index contributed by atoms with van der Waals surface area (Å²) >= 11 is 0. The summed E-state index contributed by atoms with van der Waals surface area (Å²) < 4.78 is 27.6. The number of ketones is 1. The Kier molecular flexibility index (Phi) is 3.05. The SMILES string of the molecule is Cc1ccc(CN2C(=O)C(=O)c3c(F)ccc(F)c32)cc1. The molecule has 3 rings (SSSR count). The van der Waals surface area contributed by atoms with Crippen molar-refractivity contribution >= 4 is 17.4 Å². The van der Waals surface area contributed by atoms with Gasteiger partial charge in [-0.3, -0.25) is 14.5 Å². The number of halogens is 2. The molecule has 3 nitrogen and oxygen atoms in total. The number of aryl methyl sites for hydroxylation is 1. The normalized spacial score (nSPS) is 13.8. The minimum absolute atomic E-state index is 0.0260. The summed E-state index contributed by atoms with van der Waals surface area (Å²) in [6.45, 7) is 1.94. The van der Waals surface area contributed by atoms with E-state index in [2.05, 4.69) is 0 Å². The highest BCUT2D eigenvalue weighted by atomic mass is 19.1. The Morgan fingerprint density at radius 1 is 0.952 bits per heavy atom. The first-order chi connectivity index (χ1) is 9.99. The molecule has 2 aromatic rings. The lowest BCUT2D eigenvalue weighted by molar-refractivity contribution is -0.114. The molecule has 1 aliphatic rings. The number of hydrogen-bond acceptors (Lipinski definition) is 2. The van der Waals surface area contributed by atoms with E-state index < -0.39 is 28.9 Å². The van der Waals surface area contributed by atoms with Crippen molar-refractivity contribution < 1.29 is 18.4 Å². The molecular formula is C16H11F2NO2. The number of nitrogens with zero attached hydrogens (tertiary/aromatic N) is 1. The van der Waals surface area contributed by atoms with E-state index in [0.717, 1.165) is 28.2 Å². The predicted octanol–water partition coefficient (Wildman–Crippen LogP) is 3.00. The highest BCUT2D eigenvalue weighted by Crippen LogP contribution is 2.34. The average molecular weight is 287 g/mol. The number of anilines is 1. The van der Waals surface area contributed by atoms with Gasteiger partial charge in [0.2, 0.25) is 0 Å². The largest absolute Gasteiger partial charge is 0.299 e. The Morgan fingerprint density at radius 2 is 1.57 bits per heavy atom. The van der Waals surface area contributed by atoms with Gasteiger partial charge in [0.05, 0.1) is 17.8 Å². The fourth-order valence-electron chi connectivity index (χ4n) is 2.38. The molecule has 5 heteroatoms. The zero-order valence-electron chi connectivity index (χ0n) is 11.2. The molecule has 0 saturated carbocycles. The fraction of sp³-hybridized carbons (Fsp3) is 0.125. The van der Waals surface area contributed by atoms with E-state index >= 15 is 0 Å². The van der Waals surface area contributed by atoms with E-state index in [1.165, 1.54) is 0 Å². The Morgan fingerprint density at radius 3 is 2.24 bits per heavy atom. The lowest BCUT2D eigenvalue weighted by atomic mass is 10.1. The monoisotopic (exact) mass is 287 g/mol. The number of amides is 1. The van der Waals surface area contributed by atoms with Crippen molar-refractivity contribution in [2.24, 2.45) is 0 Å². The van der Waals surface area contributed by atoms with Gasteiger partial charge in [-0.1, -0.05) is 29.8 Å². The van der Waals surface area contributed by atoms with Crippen LogP contribution in [0, 0.1) is 18.6 Å². The van der Waals surface area contributed by atoms with Crippen LogP contribution in [0.15, 0.2) is 36.4 Å². The summed E-state index contributed by atoms with van der Waals surface area (Å²) in [6.07, 6.45) is 0. The number of rotatable bonds is 2. The van der Waals surface area contributed by atoms with E-state index in [4.69, 9.17) is 0 Å². The molecule has 0 aromatic heterocycles. The van der Waals surface area contributed by atoms with Crippen LogP contribution >= 0.6 is 0 Å². The maximum Gasteiger partial charge on any atom is 0.299 e. The van der Waals surface area contributed by atoms with E-state index in [1.54, 1.807) is 12.1 Å². The average Bonchev–Trinajstić information content (AvgIpc) is 2.71. The smallest absolute Gasteiger partial charge is 0.297 e. The first-order valence-corrected chi connectivity index (χ1v) is 6.39. The molecular weight excluding hydrogens is 276 g/mol. The van der Waals surface area contributed by atoms with Gasteiger partial charge in [0.25, 0.3) is 11.7 Å². The standard InChI is InChI=1S/C16H11F2NO2/c1-9-2-4-10(5-3-9)8-19-14-12(18)7-6-11(17)13(14)15(20)16(19)21/h2-7H,8H2,1H3. The summed E-state index contributed by atoms with van der Waals surface area (Å²) in [5.74, 6) is -3.57. The van der Waals surface area contributed by atoms with Crippen LogP contribution in [0.1, 0.15) is 21.5 Å². The molecule has 0 aliphatic carbocycles. The van der Waals surface area contributed by atoms with Crippen molar-refractivity contribution in [3.8, 4) is 0 Å². The van der Waals surface area contributed by atoms with E-state index in [0.29, 0.717) is 0 Å². The summed E-state index contributed by atoms with van der Waals surface area (Å²) in [4.78, 5) is 24.8. The summed E-state index contributed by atoms with van der Waals surface area (Å²) in [7, 11) is 0. The molecule has 0 radical (unpaired) electrons. The molecule has 0 unspecified atom stereocenters. The summed E-state index contributed by atoms with van der Waals surface area (Å²) in [5, 5.41) is 0. The molecule has 1 aliphatic heterocycles. The quantitative estimate of drug-likeness (QED) is 0.796. The highest BCUT2D eigenvalue weighted by Gasteiger charge is 2.40. The van der Waals surface area contributed by atoms with Gasteiger partial charge in [0, 0.05) is 0 Å². The second-order valence-corrected chi connectivity index (χ2v) is 4.96. The number of benzene rings is 2. The topological polar surface area (TPSA) is 37.4 Å². The van der Waals surface area contributed by atoms with Gasteiger partial charge in [0.1, 0.15) is 11.6 Å². The van der Waals surface area contributed by atoms with Gasteiger partial charge in [-0.15, -0.1) is 0 Å². The second-order valence-electron chi connectivity index (χ2n) is 4.96. The number of Topliss-reactive ketones (excluding diaryl/α,β-unsaturated/α-hetero) is 1. The Labute approximate surface area is 119 Å². The van der Waals surface area contributed by atoms with Crippen molar-refractivity contribution in [2.75, 3.05) is 4.90 Å². The van der Waals surface area contributed by atoms with E-state index in [1.807, 2.05) is 19.1 Å². The molecule has 1 amide bonds. The number of fused-ring (bicyclic) bond motifs is 1. The minimum Gasteiger partial charge on any atom is -0.297 e. The van der Waals surface area contributed by atoms with Crippen molar-refractivity contribution in [3.05, 3.63) is 64.7 Å². The van der Waals surface area contributed by atoms with Crippen LogP contribution in [0.2, 0.25) is 0 Å². The maximum absolute atomic E-state index is 13.9. The Bertz CT molecular complexity index is 754. The van der Waals surface area contributed by atoms with Gasteiger partial charge >= 0.3 is 0 Å². The van der Waals surface area contributed by atoms with Gasteiger partial charge in [-0.25, -0.2) is 8.78 Å². The van der Waals surface area contributed by atoms with Crippen LogP contribution in [0.4, 0.5) is 14.5 Å². The fourth-order valence-corrected chi connectivity index (χ4v) is 2.38.